The Labute approximate surface area is 226 Å². The van der Waals surface area contributed by atoms with E-state index in [0.717, 1.165) is 43.9 Å². The van der Waals surface area contributed by atoms with Crippen molar-refractivity contribution in [1.82, 2.24) is 4.90 Å². The largest absolute Gasteiger partial charge is 0.508 e. The Balaban J connectivity index is 1.25. The molecule has 1 saturated carbocycles. The fraction of sp³-hybridized carbons (Fsp3) is 0.394. The van der Waals surface area contributed by atoms with Gasteiger partial charge in [-0.2, -0.15) is 0 Å². The second kappa shape index (κ2) is 12.5. The number of aromatic hydroxyl groups is 1. The molecule has 200 valence electrons. The predicted molar refractivity (Wildman–Crippen MR) is 153 cm³/mol. The molecule has 1 N–H and O–H groups in total. The number of halogens is 1. The molecule has 1 unspecified atom stereocenters. The van der Waals surface area contributed by atoms with E-state index in [9.17, 15) is 9.50 Å². The van der Waals surface area contributed by atoms with E-state index >= 15 is 0 Å². The standard InChI is InChI=1S/C33H39FN2O2/c1-2-19-35(28-6-4-3-5-7-28)21-22-38-31-15-8-25(9-16-31)23-33-32-17-14-30(37)24-26(32)18-20-36(33)29-12-10-27(34)11-13-29/h2,8-17,24,28,33,37H,1,3-7,18-23H2. The zero-order chi connectivity index (χ0) is 26.3. The number of ether oxygens (including phenoxy) is 1. The van der Waals surface area contributed by atoms with Gasteiger partial charge in [0.1, 0.15) is 23.9 Å². The minimum absolute atomic E-state index is 0.0968. The molecule has 1 heterocycles. The molecule has 4 nitrogen and oxygen atoms in total. The highest BCUT2D eigenvalue weighted by atomic mass is 19.1. The van der Waals surface area contributed by atoms with Crippen LogP contribution in [-0.2, 0) is 12.8 Å². The van der Waals surface area contributed by atoms with E-state index in [4.69, 9.17) is 4.74 Å². The summed E-state index contributed by atoms with van der Waals surface area (Å²) in [6, 6.07) is 21.6. The van der Waals surface area contributed by atoms with Gasteiger partial charge in [0.2, 0.25) is 0 Å². The highest BCUT2D eigenvalue weighted by Crippen LogP contribution is 2.37. The number of hydrogen-bond donors (Lipinski definition) is 1. The lowest BCUT2D eigenvalue weighted by molar-refractivity contribution is 0.144. The van der Waals surface area contributed by atoms with E-state index in [-0.39, 0.29) is 11.9 Å². The van der Waals surface area contributed by atoms with Crippen LogP contribution in [-0.4, -0.2) is 42.3 Å². The maximum Gasteiger partial charge on any atom is 0.123 e. The maximum absolute atomic E-state index is 13.6. The lowest BCUT2D eigenvalue weighted by atomic mass is 9.88. The van der Waals surface area contributed by atoms with Crippen LogP contribution in [0.2, 0.25) is 0 Å². The first kappa shape index (κ1) is 26.3. The molecule has 2 aliphatic rings. The number of rotatable bonds is 10. The maximum atomic E-state index is 13.6. The van der Waals surface area contributed by atoms with E-state index in [1.165, 1.54) is 60.9 Å². The fourth-order valence-electron chi connectivity index (χ4n) is 6.12. The van der Waals surface area contributed by atoms with Gasteiger partial charge >= 0.3 is 0 Å². The van der Waals surface area contributed by atoms with Crippen molar-refractivity contribution in [3.05, 3.63) is 102 Å². The second-order valence-electron chi connectivity index (χ2n) is 10.6. The van der Waals surface area contributed by atoms with Crippen LogP contribution in [0.4, 0.5) is 10.1 Å². The van der Waals surface area contributed by atoms with E-state index in [2.05, 4.69) is 40.6 Å². The molecule has 3 aromatic carbocycles. The lowest BCUT2D eigenvalue weighted by Crippen LogP contribution is -2.39. The van der Waals surface area contributed by atoms with Gasteiger partial charge in [0.15, 0.2) is 0 Å². The van der Waals surface area contributed by atoms with Crippen LogP contribution in [0.1, 0.15) is 54.8 Å². The number of phenolic OH excluding ortho intramolecular Hbond substituents is 1. The van der Waals surface area contributed by atoms with Gasteiger partial charge in [-0.1, -0.05) is 43.5 Å². The second-order valence-corrected chi connectivity index (χ2v) is 10.6. The van der Waals surface area contributed by atoms with Crippen LogP contribution in [0, 0.1) is 5.82 Å². The predicted octanol–water partition coefficient (Wildman–Crippen LogP) is 7.08. The molecular weight excluding hydrogens is 475 g/mol. The highest BCUT2D eigenvalue weighted by Gasteiger charge is 2.28. The highest BCUT2D eigenvalue weighted by molar-refractivity contribution is 5.53. The summed E-state index contributed by atoms with van der Waals surface area (Å²) in [6.45, 7) is 7.26. The van der Waals surface area contributed by atoms with Crippen molar-refractivity contribution in [2.24, 2.45) is 0 Å². The molecule has 1 aliphatic heterocycles. The Morgan fingerprint density at radius 3 is 2.50 bits per heavy atom. The Morgan fingerprint density at radius 1 is 1.00 bits per heavy atom. The topological polar surface area (TPSA) is 35.9 Å². The van der Waals surface area contributed by atoms with Gasteiger partial charge in [0.05, 0.1) is 6.04 Å². The van der Waals surface area contributed by atoms with Gasteiger partial charge in [-0.15, -0.1) is 6.58 Å². The van der Waals surface area contributed by atoms with E-state index in [1.807, 2.05) is 30.3 Å². The van der Waals surface area contributed by atoms with E-state index in [1.54, 1.807) is 6.07 Å². The van der Waals surface area contributed by atoms with Crippen molar-refractivity contribution in [1.29, 1.82) is 0 Å². The van der Waals surface area contributed by atoms with Crippen LogP contribution in [0.3, 0.4) is 0 Å². The minimum Gasteiger partial charge on any atom is -0.508 e. The lowest BCUT2D eigenvalue weighted by Gasteiger charge is -2.39. The van der Waals surface area contributed by atoms with Gasteiger partial charge in [-0.3, -0.25) is 4.90 Å². The molecule has 1 fully saturated rings. The van der Waals surface area contributed by atoms with E-state index in [0.29, 0.717) is 18.4 Å². The SMILES string of the molecule is C=CCN(CCOc1ccc(CC2c3ccc(O)cc3CCN2c2ccc(F)cc2)cc1)C1CCCCC1. The summed E-state index contributed by atoms with van der Waals surface area (Å²) in [5, 5.41) is 10.0. The molecular formula is C33H39FN2O2. The average molecular weight is 515 g/mol. The summed E-state index contributed by atoms with van der Waals surface area (Å²) < 4.78 is 19.8. The molecule has 0 aromatic heterocycles. The molecule has 1 aliphatic carbocycles. The molecule has 5 heteroatoms. The summed E-state index contributed by atoms with van der Waals surface area (Å²) >= 11 is 0. The molecule has 0 bridgehead atoms. The van der Waals surface area contributed by atoms with Gasteiger partial charge in [-0.25, -0.2) is 4.39 Å². The van der Waals surface area contributed by atoms with Crippen LogP contribution in [0.25, 0.3) is 0 Å². The number of fused-ring (bicyclic) bond motifs is 1. The fourth-order valence-corrected chi connectivity index (χ4v) is 6.12. The van der Waals surface area contributed by atoms with Crippen LogP contribution >= 0.6 is 0 Å². The van der Waals surface area contributed by atoms with Crippen molar-refractivity contribution in [3.63, 3.8) is 0 Å². The summed E-state index contributed by atoms with van der Waals surface area (Å²) in [6.07, 6.45) is 10.2. The van der Waals surface area contributed by atoms with Crippen LogP contribution < -0.4 is 9.64 Å². The number of nitrogens with zero attached hydrogens (tertiary/aromatic N) is 2. The molecule has 0 saturated heterocycles. The monoisotopic (exact) mass is 514 g/mol. The first-order chi connectivity index (χ1) is 18.6. The van der Waals surface area contributed by atoms with Crippen molar-refractivity contribution in [2.75, 3.05) is 31.1 Å². The van der Waals surface area contributed by atoms with E-state index < -0.39 is 0 Å². The van der Waals surface area contributed by atoms with Gasteiger partial charge in [0, 0.05) is 31.4 Å². The molecule has 1 atom stereocenters. The Bertz CT molecular complexity index is 1190. The summed E-state index contributed by atoms with van der Waals surface area (Å²) in [4.78, 5) is 4.87. The normalized spacial score (nSPS) is 17.8. The summed E-state index contributed by atoms with van der Waals surface area (Å²) in [7, 11) is 0. The molecule has 3 aromatic rings. The summed E-state index contributed by atoms with van der Waals surface area (Å²) in [5.74, 6) is 0.962. The van der Waals surface area contributed by atoms with Crippen molar-refractivity contribution >= 4 is 5.69 Å². The molecule has 0 amide bonds. The van der Waals surface area contributed by atoms with Crippen LogP contribution in [0.5, 0.6) is 11.5 Å². The number of benzene rings is 3. The van der Waals surface area contributed by atoms with Crippen LogP contribution in [0.15, 0.2) is 79.4 Å². The third-order valence-corrected chi connectivity index (χ3v) is 8.10. The Morgan fingerprint density at radius 2 is 1.76 bits per heavy atom. The third kappa shape index (κ3) is 6.39. The zero-order valence-corrected chi connectivity index (χ0v) is 22.2. The van der Waals surface area contributed by atoms with Gasteiger partial charge in [-0.05, 0) is 90.9 Å². The Kier molecular flexibility index (Phi) is 8.65. The summed E-state index contributed by atoms with van der Waals surface area (Å²) in [5.41, 5.74) is 4.61. The number of anilines is 1. The van der Waals surface area contributed by atoms with Gasteiger partial charge in [0.25, 0.3) is 0 Å². The number of phenols is 1. The molecule has 38 heavy (non-hydrogen) atoms. The molecule has 0 spiro atoms. The average Bonchev–Trinajstić information content (AvgIpc) is 2.94. The van der Waals surface area contributed by atoms with Crippen molar-refractivity contribution in [2.45, 2.75) is 57.0 Å². The molecule has 0 radical (unpaired) electrons. The number of hydrogen-bond acceptors (Lipinski definition) is 4. The van der Waals surface area contributed by atoms with Crippen molar-refractivity contribution < 1.29 is 14.2 Å². The van der Waals surface area contributed by atoms with Gasteiger partial charge < -0.3 is 14.7 Å². The smallest absolute Gasteiger partial charge is 0.123 e. The zero-order valence-electron chi connectivity index (χ0n) is 22.2. The minimum atomic E-state index is -0.227. The quantitative estimate of drug-likeness (QED) is 0.293. The first-order valence-electron chi connectivity index (χ1n) is 14.0. The third-order valence-electron chi connectivity index (χ3n) is 8.10. The van der Waals surface area contributed by atoms with Crippen molar-refractivity contribution in [3.8, 4) is 11.5 Å². The Hall–Kier alpha value is -3.31. The molecule has 5 rings (SSSR count). The first-order valence-corrected chi connectivity index (χ1v) is 14.0.